The van der Waals surface area contributed by atoms with Crippen LogP contribution in [0.1, 0.15) is 17.2 Å². The number of methoxy groups -OCH3 is 2. The Morgan fingerprint density at radius 3 is 2.63 bits per heavy atom. The number of hydrogen-bond donors (Lipinski definition) is 1. The molecule has 1 aromatic carbocycles. The Morgan fingerprint density at radius 2 is 2.00 bits per heavy atom. The summed E-state index contributed by atoms with van der Waals surface area (Å²) >= 11 is 0. The number of hydrogen-bond acceptors (Lipinski definition) is 8. The second-order valence-electron chi connectivity index (χ2n) is 5.74. The van der Waals surface area contributed by atoms with Crippen molar-refractivity contribution in [2.45, 2.75) is 6.04 Å². The lowest BCUT2D eigenvalue weighted by atomic mass is 9.90. The molecule has 0 saturated heterocycles. The standard InChI is InChI=1S/C19H17NO7/c1-25-15(22)9-13(18(23)26-2)20-8-7-11-5-3-4-6-12(11)17(20)16-14(21)10-27-19(16)24/h3-9,17,21H,10H2,1-2H3/b13-9+. The van der Waals surface area contributed by atoms with Gasteiger partial charge in [0, 0.05) is 6.20 Å². The lowest BCUT2D eigenvalue weighted by Crippen LogP contribution is -2.33. The van der Waals surface area contributed by atoms with E-state index in [1.807, 2.05) is 12.1 Å². The fourth-order valence-electron chi connectivity index (χ4n) is 3.01. The lowest BCUT2D eigenvalue weighted by molar-refractivity contribution is -0.140. The molecule has 8 nitrogen and oxygen atoms in total. The summed E-state index contributed by atoms with van der Waals surface area (Å²) in [5, 5.41) is 10.2. The Labute approximate surface area is 154 Å². The molecule has 0 bridgehead atoms. The van der Waals surface area contributed by atoms with E-state index in [9.17, 15) is 19.5 Å². The van der Waals surface area contributed by atoms with Crippen LogP contribution in [0.15, 0.2) is 53.6 Å². The summed E-state index contributed by atoms with van der Waals surface area (Å²) in [5.74, 6) is -2.51. The molecule has 8 heteroatoms. The van der Waals surface area contributed by atoms with Gasteiger partial charge in [-0.3, -0.25) is 0 Å². The van der Waals surface area contributed by atoms with Gasteiger partial charge in [-0.2, -0.15) is 0 Å². The van der Waals surface area contributed by atoms with Crippen LogP contribution in [0.4, 0.5) is 0 Å². The highest BCUT2D eigenvalue weighted by molar-refractivity contribution is 5.98. The normalized spacial score (nSPS) is 18.9. The fraction of sp³-hybridized carbons (Fsp3) is 0.211. The highest BCUT2D eigenvalue weighted by atomic mass is 16.5. The number of fused-ring (bicyclic) bond motifs is 1. The maximum atomic E-state index is 12.3. The van der Waals surface area contributed by atoms with Crippen molar-refractivity contribution in [1.82, 2.24) is 4.90 Å². The molecule has 2 aliphatic rings. The minimum atomic E-state index is -0.879. The summed E-state index contributed by atoms with van der Waals surface area (Å²) < 4.78 is 14.3. The number of ether oxygens (including phenoxy) is 3. The van der Waals surface area contributed by atoms with Gasteiger partial charge in [-0.1, -0.05) is 24.3 Å². The number of rotatable bonds is 4. The first-order valence-corrected chi connectivity index (χ1v) is 8.00. The van der Waals surface area contributed by atoms with Gasteiger partial charge in [0.1, 0.15) is 23.6 Å². The smallest absolute Gasteiger partial charge is 0.354 e. The minimum Gasteiger partial charge on any atom is -0.508 e. The van der Waals surface area contributed by atoms with Crippen molar-refractivity contribution in [2.24, 2.45) is 0 Å². The van der Waals surface area contributed by atoms with E-state index in [0.29, 0.717) is 5.56 Å². The Bertz CT molecular complexity index is 897. The first-order chi connectivity index (χ1) is 13.0. The van der Waals surface area contributed by atoms with Crippen LogP contribution in [-0.4, -0.2) is 48.7 Å². The topological polar surface area (TPSA) is 102 Å². The van der Waals surface area contributed by atoms with Gasteiger partial charge in [0.2, 0.25) is 0 Å². The molecule has 27 heavy (non-hydrogen) atoms. The van der Waals surface area contributed by atoms with Gasteiger partial charge in [-0.15, -0.1) is 0 Å². The minimum absolute atomic E-state index is 0.00790. The van der Waals surface area contributed by atoms with Crippen molar-refractivity contribution in [3.63, 3.8) is 0 Å². The summed E-state index contributed by atoms with van der Waals surface area (Å²) in [7, 11) is 2.35. The third kappa shape index (κ3) is 3.29. The van der Waals surface area contributed by atoms with E-state index in [2.05, 4.69) is 4.74 Å². The number of esters is 3. The molecule has 3 rings (SSSR count). The molecule has 0 aromatic heterocycles. The second-order valence-corrected chi connectivity index (χ2v) is 5.74. The molecule has 0 aliphatic carbocycles. The Balaban J connectivity index is 2.20. The average molecular weight is 371 g/mol. The predicted molar refractivity (Wildman–Crippen MR) is 92.8 cm³/mol. The van der Waals surface area contributed by atoms with Crippen LogP contribution in [-0.2, 0) is 28.6 Å². The van der Waals surface area contributed by atoms with E-state index in [1.165, 1.54) is 25.3 Å². The number of cyclic esters (lactones) is 1. The number of aliphatic hydroxyl groups excluding tert-OH is 1. The predicted octanol–water partition coefficient (Wildman–Crippen LogP) is 1.61. The van der Waals surface area contributed by atoms with E-state index < -0.39 is 23.9 Å². The zero-order chi connectivity index (χ0) is 19.6. The molecule has 1 atom stereocenters. The van der Waals surface area contributed by atoms with Gasteiger partial charge in [0.25, 0.3) is 0 Å². The summed E-state index contributed by atoms with van der Waals surface area (Å²) in [5.41, 5.74) is 1.28. The maximum absolute atomic E-state index is 12.3. The van der Waals surface area contributed by atoms with Crippen LogP contribution < -0.4 is 0 Å². The quantitative estimate of drug-likeness (QED) is 0.484. The zero-order valence-electron chi connectivity index (χ0n) is 14.7. The fourth-order valence-corrected chi connectivity index (χ4v) is 3.01. The maximum Gasteiger partial charge on any atom is 0.354 e. The molecule has 1 unspecified atom stereocenters. The lowest BCUT2D eigenvalue weighted by Gasteiger charge is -2.35. The van der Waals surface area contributed by atoms with Crippen molar-refractivity contribution in [3.05, 3.63) is 64.7 Å². The summed E-state index contributed by atoms with van der Waals surface area (Å²) in [4.78, 5) is 37.7. The van der Waals surface area contributed by atoms with Gasteiger partial charge in [-0.05, 0) is 17.2 Å². The molecule has 1 N–H and O–H groups in total. The SMILES string of the molecule is COC(=O)/C=C(\C(=O)OC)N1C=Cc2ccccc2C1C1=C(O)COC1=O. The van der Waals surface area contributed by atoms with Gasteiger partial charge in [0.15, 0.2) is 0 Å². The second kappa shape index (κ2) is 7.36. The molecule has 2 heterocycles. The Morgan fingerprint density at radius 1 is 1.26 bits per heavy atom. The monoisotopic (exact) mass is 371 g/mol. The first-order valence-electron chi connectivity index (χ1n) is 8.00. The van der Waals surface area contributed by atoms with Gasteiger partial charge < -0.3 is 24.2 Å². The van der Waals surface area contributed by atoms with Crippen LogP contribution in [0.25, 0.3) is 6.08 Å². The number of nitrogens with zero attached hydrogens (tertiary/aromatic N) is 1. The average Bonchev–Trinajstić information content (AvgIpc) is 3.02. The van der Waals surface area contributed by atoms with Crippen molar-refractivity contribution >= 4 is 24.0 Å². The molecule has 2 aliphatic heterocycles. The molecule has 0 saturated carbocycles. The molecule has 0 spiro atoms. The van der Waals surface area contributed by atoms with Crippen molar-refractivity contribution < 1.29 is 33.7 Å². The molecular weight excluding hydrogens is 354 g/mol. The molecule has 0 fully saturated rings. The summed E-state index contributed by atoms with van der Waals surface area (Å²) in [6.45, 7) is -0.251. The Hall–Kier alpha value is -3.55. The number of carbonyl (C=O) groups is 3. The Kier molecular flexibility index (Phi) is 4.98. The van der Waals surface area contributed by atoms with E-state index in [1.54, 1.807) is 18.2 Å². The van der Waals surface area contributed by atoms with E-state index in [0.717, 1.165) is 11.6 Å². The van der Waals surface area contributed by atoms with Gasteiger partial charge in [-0.25, -0.2) is 14.4 Å². The van der Waals surface area contributed by atoms with Crippen LogP contribution in [0.2, 0.25) is 0 Å². The summed E-state index contributed by atoms with van der Waals surface area (Å²) in [6, 6.07) is 6.30. The van der Waals surface area contributed by atoms with Crippen molar-refractivity contribution in [3.8, 4) is 0 Å². The van der Waals surface area contributed by atoms with Crippen LogP contribution in [0.3, 0.4) is 0 Å². The molecule has 0 amide bonds. The molecule has 140 valence electrons. The van der Waals surface area contributed by atoms with Crippen molar-refractivity contribution in [1.29, 1.82) is 0 Å². The highest BCUT2D eigenvalue weighted by Crippen LogP contribution is 2.41. The molecule has 0 radical (unpaired) electrons. The third-order valence-electron chi connectivity index (χ3n) is 4.26. The van der Waals surface area contributed by atoms with Gasteiger partial charge >= 0.3 is 17.9 Å². The summed E-state index contributed by atoms with van der Waals surface area (Å²) in [6.07, 6.45) is 4.22. The van der Waals surface area contributed by atoms with E-state index in [-0.39, 0.29) is 23.6 Å². The molecule has 1 aromatic rings. The highest BCUT2D eigenvalue weighted by Gasteiger charge is 2.40. The van der Waals surface area contributed by atoms with E-state index >= 15 is 0 Å². The van der Waals surface area contributed by atoms with Crippen LogP contribution in [0.5, 0.6) is 0 Å². The van der Waals surface area contributed by atoms with Gasteiger partial charge in [0.05, 0.1) is 26.3 Å². The molecular formula is C19H17NO7. The van der Waals surface area contributed by atoms with Crippen molar-refractivity contribution in [2.75, 3.05) is 20.8 Å². The van der Waals surface area contributed by atoms with Crippen LogP contribution >= 0.6 is 0 Å². The van der Waals surface area contributed by atoms with Crippen LogP contribution in [0, 0.1) is 0 Å². The number of carbonyl (C=O) groups excluding carboxylic acids is 3. The zero-order valence-corrected chi connectivity index (χ0v) is 14.7. The number of benzene rings is 1. The number of aliphatic hydroxyl groups is 1. The third-order valence-corrected chi connectivity index (χ3v) is 4.26. The van der Waals surface area contributed by atoms with E-state index in [4.69, 9.17) is 9.47 Å². The first kappa shape index (κ1) is 18.2. The largest absolute Gasteiger partial charge is 0.508 e.